The largest absolute Gasteiger partial charge is 0.500 e. The summed E-state index contributed by atoms with van der Waals surface area (Å²) in [6, 6.07) is 7.98. The third-order valence-electron chi connectivity index (χ3n) is 6.14. The first-order valence-corrected chi connectivity index (χ1v) is 11.8. The van der Waals surface area contributed by atoms with Crippen LogP contribution in [0.2, 0.25) is 0 Å². The average Bonchev–Trinajstić information content (AvgIpc) is 3.62. The van der Waals surface area contributed by atoms with E-state index in [1.807, 2.05) is 37.2 Å². The highest BCUT2D eigenvalue weighted by Gasteiger charge is 2.35. The topological polar surface area (TPSA) is 65.5 Å². The molecule has 0 aliphatic carbocycles. The quantitative estimate of drug-likeness (QED) is 0.319. The van der Waals surface area contributed by atoms with Crippen molar-refractivity contribution in [2.24, 2.45) is 0 Å². The Bertz CT molecular complexity index is 1200. The number of benzene rings is 1. The highest BCUT2D eigenvalue weighted by Crippen LogP contribution is 2.38. The van der Waals surface area contributed by atoms with Gasteiger partial charge in [0, 0.05) is 35.4 Å². The van der Waals surface area contributed by atoms with Gasteiger partial charge in [-0.2, -0.15) is 9.49 Å². The summed E-state index contributed by atoms with van der Waals surface area (Å²) in [5.74, 6) is 1.37. The zero-order valence-electron chi connectivity index (χ0n) is 20.2. The minimum absolute atomic E-state index is 0.0128. The Hall–Kier alpha value is -3.76. The molecule has 1 saturated heterocycles. The Balaban J connectivity index is 1.67. The number of rotatable bonds is 8. The molecule has 3 heterocycles. The number of halogens is 1. The van der Waals surface area contributed by atoms with Crippen LogP contribution in [0, 0.1) is 12.3 Å². The van der Waals surface area contributed by atoms with Gasteiger partial charge < -0.3 is 20.1 Å². The normalized spacial score (nSPS) is 21.5. The first-order chi connectivity index (χ1) is 17.0. The summed E-state index contributed by atoms with van der Waals surface area (Å²) in [4.78, 5) is 2.31. The second-order valence-corrected chi connectivity index (χ2v) is 8.60. The van der Waals surface area contributed by atoms with Crippen molar-refractivity contribution < 1.29 is 13.9 Å². The van der Waals surface area contributed by atoms with E-state index in [0.29, 0.717) is 13.2 Å². The average molecular weight is 475 g/mol. The molecule has 1 aromatic heterocycles. The molecule has 7 heteroatoms. The lowest BCUT2D eigenvalue weighted by atomic mass is 10.0. The zero-order chi connectivity index (χ0) is 24.8. The van der Waals surface area contributed by atoms with Gasteiger partial charge in [-0.15, -0.1) is 6.42 Å². The molecule has 0 spiro atoms. The number of allylic oxidation sites excluding steroid dienone is 5. The fraction of sp³-hybridized carbons (Fsp3) is 0.321. The zero-order valence-corrected chi connectivity index (χ0v) is 20.2. The Kier molecular flexibility index (Phi) is 7.74. The van der Waals surface area contributed by atoms with Crippen molar-refractivity contribution in [2.45, 2.75) is 38.8 Å². The van der Waals surface area contributed by atoms with Crippen LogP contribution in [0.5, 0.6) is 0 Å². The van der Waals surface area contributed by atoms with E-state index in [-0.39, 0.29) is 12.1 Å². The molecule has 1 fully saturated rings. The number of nitrogen functional groups attached to an aromatic ring is 1. The number of nitrogens with two attached hydrogens (primary N) is 1. The summed E-state index contributed by atoms with van der Waals surface area (Å²) in [6.45, 7) is 5.83. The molecule has 2 atom stereocenters. The molecule has 0 saturated carbocycles. The maximum absolute atomic E-state index is 13.5. The van der Waals surface area contributed by atoms with Crippen molar-refractivity contribution in [3.63, 3.8) is 0 Å². The van der Waals surface area contributed by atoms with E-state index in [2.05, 4.69) is 30.0 Å². The van der Waals surface area contributed by atoms with Gasteiger partial charge in [0.25, 0.3) is 0 Å². The first kappa shape index (κ1) is 24.4. The molecule has 2 aliphatic rings. The second kappa shape index (κ2) is 11.1. The fourth-order valence-electron chi connectivity index (χ4n) is 4.27. The van der Waals surface area contributed by atoms with E-state index >= 15 is 0 Å². The summed E-state index contributed by atoms with van der Waals surface area (Å²) >= 11 is 0. The van der Waals surface area contributed by atoms with Crippen LogP contribution in [-0.4, -0.2) is 34.4 Å². The highest BCUT2D eigenvalue weighted by atomic mass is 19.1. The highest BCUT2D eigenvalue weighted by molar-refractivity contribution is 5.47. The summed E-state index contributed by atoms with van der Waals surface area (Å²) < 4.78 is 27.1. The van der Waals surface area contributed by atoms with Gasteiger partial charge in [0.15, 0.2) is 12.1 Å². The first-order valence-electron chi connectivity index (χ1n) is 11.8. The van der Waals surface area contributed by atoms with Gasteiger partial charge in [0.2, 0.25) is 0 Å². The van der Waals surface area contributed by atoms with Gasteiger partial charge in [-0.3, -0.25) is 0 Å². The predicted octanol–water partition coefficient (Wildman–Crippen LogP) is 5.31. The van der Waals surface area contributed by atoms with Crippen LogP contribution in [-0.2, 0) is 15.9 Å². The van der Waals surface area contributed by atoms with Crippen molar-refractivity contribution in [1.82, 2.24) is 14.7 Å². The van der Waals surface area contributed by atoms with E-state index in [1.54, 1.807) is 17.0 Å². The SMILES string of the molecule is C#C/C(F)=C\C=C(/C)n1cc(C2OC/C(=C\CC)N2CCc2ccc(N)cc2)c(C2C=COC2)n1. The number of terminal acetylenes is 1. The maximum atomic E-state index is 13.5. The molecule has 0 amide bonds. The fourth-order valence-corrected chi connectivity index (χ4v) is 4.27. The Morgan fingerprint density at radius 2 is 2.11 bits per heavy atom. The van der Waals surface area contributed by atoms with Crippen molar-refractivity contribution in [1.29, 1.82) is 0 Å². The van der Waals surface area contributed by atoms with Crippen molar-refractivity contribution in [3.05, 3.63) is 89.4 Å². The van der Waals surface area contributed by atoms with E-state index < -0.39 is 5.83 Å². The van der Waals surface area contributed by atoms with Crippen LogP contribution >= 0.6 is 0 Å². The molecule has 2 N–H and O–H groups in total. The van der Waals surface area contributed by atoms with Crippen LogP contribution in [0.1, 0.15) is 49.2 Å². The standard InChI is InChI=1S/C28H31FN4O2/c1-4-6-25-19-35-28(32(25)15-13-21-8-11-24(30)12-9-21)26-17-33(20(3)7-10-23(29)5-2)31-27(26)22-14-16-34-18-22/h2,6-12,14,16-17,22,28H,4,13,15,18-19,30H2,1,3H3/b20-7+,23-10+,25-6+. The molecular weight excluding hydrogens is 443 g/mol. The Labute approximate surface area is 206 Å². The number of ether oxygens (including phenoxy) is 2. The molecule has 6 nitrogen and oxygen atoms in total. The lowest BCUT2D eigenvalue weighted by Gasteiger charge is -2.26. The van der Waals surface area contributed by atoms with E-state index in [9.17, 15) is 4.39 Å². The van der Waals surface area contributed by atoms with Crippen LogP contribution in [0.4, 0.5) is 10.1 Å². The number of hydrogen-bond donors (Lipinski definition) is 1. The molecule has 0 radical (unpaired) electrons. The molecule has 35 heavy (non-hydrogen) atoms. The van der Waals surface area contributed by atoms with Crippen molar-refractivity contribution in [2.75, 3.05) is 25.5 Å². The van der Waals surface area contributed by atoms with Crippen molar-refractivity contribution in [3.8, 4) is 12.3 Å². The smallest absolute Gasteiger partial charge is 0.172 e. The minimum Gasteiger partial charge on any atom is -0.500 e. The summed E-state index contributed by atoms with van der Waals surface area (Å²) in [5.41, 5.74) is 11.6. The maximum Gasteiger partial charge on any atom is 0.172 e. The van der Waals surface area contributed by atoms with Crippen LogP contribution in [0.25, 0.3) is 5.70 Å². The summed E-state index contributed by atoms with van der Waals surface area (Å²) in [6.07, 6.45) is 17.4. The van der Waals surface area contributed by atoms with Gasteiger partial charge in [0.05, 0.1) is 31.1 Å². The van der Waals surface area contributed by atoms with Crippen LogP contribution in [0.15, 0.2) is 72.6 Å². The van der Waals surface area contributed by atoms with E-state index in [0.717, 1.165) is 47.7 Å². The minimum atomic E-state index is -0.633. The van der Waals surface area contributed by atoms with Crippen LogP contribution in [0.3, 0.4) is 0 Å². The van der Waals surface area contributed by atoms with Gasteiger partial charge in [-0.1, -0.05) is 25.1 Å². The van der Waals surface area contributed by atoms with Crippen molar-refractivity contribution >= 4 is 11.4 Å². The summed E-state index contributed by atoms with van der Waals surface area (Å²) in [5, 5.41) is 4.85. The third kappa shape index (κ3) is 5.67. The number of hydrogen-bond acceptors (Lipinski definition) is 5. The van der Waals surface area contributed by atoms with Gasteiger partial charge in [-0.25, -0.2) is 4.68 Å². The molecular formula is C28H31FN4O2. The van der Waals surface area contributed by atoms with E-state index in [1.165, 1.54) is 11.6 Å². The molecule has 1 aromatic carbocycles. The lowest BCUT2D eigenvalue weighted by molar-refractivity contribution is 0.0342. The van der Waals surface area contributed by atoms with Gasteiger partial charge >= 0.3 is 0 Å². The van der Waals surface area contributed by atoms with E-state index in [4.69, 9.17) is 26.7 Å². The molecule has 182 valence electrons. The Morgan fingerprint density at radius 3 is 2.80 bits per heavy atom. The number of nitrogens with zero attached hydrogens (tertiary/aromatic N) is 3. The number of aromatic nitrogens is 2. The second-order valence-electron chi connectivity index (χ2n) is 8.60. The monoisotopic (exact) mass is 474 g/mol. The molecule has 2 aromatic rings. The Morgan fingerprint density at radius 1 is 1.31 bits per heavy atom. The third-order valence-corrected chi connectivity index (χ3v) is 6.14. The lowest BCUT2D eigenvalue weighted by Crippen LogP contribution is -2.26. The van der Waals surface area contributed by atoms with Gasteiger partial charge in [0.1, 0.15) is 0 Å². The molecule has 2 unspecified atom stereocenters. The predicted molar refractivity (Wildman–Crippen MR) is 136 cm³/mol. The summed E-state index contributed by atoms with van der Waals surface area (Å²) in [7, 11) is 0. The molecule has 0 bridgehead atoms. The number of anilines is 1. The van der Waals surface area contributed by atoms with Gasteiger partial charge in [-0.05, 0) is 61.6 Å². The van der Waals surface area contributed by atoms with Crippen LogP contribution < -0.4 is 5.73 Å². The molecule has 4 rings (SSSR count). The molecule has 2 aliphatic heterocycles.